The van der Waals surface area contributed by atoms with Gasteiger partial charge in [-0.25, -0.2) is 0 Å². The molecule has 1 aliphatic heterocycles. The lowest BCUT2D eigenvalue weighted by Crippen LogP contribution is -2.26. The molecule has 1 fully saturated rings. The third-order valence-electron chi connectivity index (χ3n) is 3.33. The van der Waals surface area contributed by atoms with E-state index in [1.807, 2.05) is 0 Å². The van der Waals surface area contributed by atoms with Gasteiger partial charge in [-0.05, 0) is 12.8 Å². The van der Waals surface area contributed by atoms with E-state index in [1.54, 1.807) is 7.11 Å². The number of rotatable bonds is 2. The van der Waals surface area contributed by atoms with Crippen molar-refractivity contribution in [2.24, 2.45) is 0 Å². The number of nitrogen functional groups attached to an aromatic ring is 1. The Morgan fingerprint density at radius 2 is 1.83 bits per heavy atom. The smallest absolute Gasteiger partial charge is 0.177 e. The lowest BCUT2D eigenvalue weighted by molar-refractivity contribution is 0.417. The van der Waals surface area contributed by atoms with E-state index in [0.717, 1.165) is 18.1 Å². The van der Waals surface area contributed by atoms with Crippen LogP contribution in [0.2, 0.25) is 0 Å². The number of thiophene rings is 1. The summed E-state index contributed by atoms with van der Waals surface area (Å²) in [6.45, 7) is 2.06. The van der Waals surface area contributed by atoms with Gasteiger partial charge < -0.3 is 15.4 Å². The first-order valence-electron chi connectivity index (χ1n) is 6.39. The molecule has 1 aliphatic rings. The average molecular weight is 265 g/mol. The van der Waals surface area contributed by atoms with E-state index in [-0.39, 0.29) is 0 Å². The van der Waals surface area contributed by atoms with Crippen LogP contribution in [-0.2, 0) is 0 Å². The maximum atomic E-state index is 9.06. The van der Waals surface area contributed by atoms with Crippen molar-refractivity contribution >= 4 is 22.0 Å². The zero-order chi connectivity index (χ0) is 13.0. The predicted octanol–water partition coefficient (Wildman–Crippen LogP) is 2.98. The number of nitriles is 1. The third-order valence-corrected chi connectivity index (χ3v) is 4.48. The Morgan fingerprint density at radius 3 is 2.39 bits per heavy atom. The molecule has 5 heteroatoms. The second-order valence-corrected chi connectivity index (χ2v) is 5.55. The first-order chi connectivity index (χ1) is 8.77. The van der Waals surface area contributed by atoms with E-state index in [1.165, 1.54) is 43.4 Å². The van der Waals surface area contributed by atoms with E-state index in [4.69, 9.17) is 15.7 Å². The SMILES string of the molecule is COc1c(N2CCCCCCC2)sc(C#N)c1N. The number of nitrogens with zero attached hydrogens (tertiary/aromatic N) is 2. The zero-order valence-electron chi connectivity index (χ0n) is 10.7. The molecule has 0 saturated carbocycles. The first kappa shape index (κ1) is 13.0. The van der Waals surface area contributed by atoms with Gasteiger partial charge in [0, 0.05) is 13.1 Å². The van der Waals surface area contributed by atoms with E-state index in [9.17, 15) is 0 Å². The van der Waals surface area contributed by atoms with Crippen LogP contribution >= 0.6 is 11.3 Å². The molecule has 0 aromatic carbocycles. The highest BCUT2D eigenvalue weighted by atomic mass is 32.1. The van der Waals surface area contributed by atoms with Crippen LogP contribution in [0.1, 0.15) is 37.0 Å². The largest absolute Gasteiger partial charge is 0.492 e. The molecule has 4 nitrogen and oxygen atoms in total. The monoisotopic (exact) mass is 265 g/mol. The van der Waals surface area contributed by atoms with E-state index in [2.05, 4.69) is 11.0 Å². The van der Waals surface area contributed by atoms with Crippen LogP contribution in [0, 0.1) is 11.3 Å². The Morgan fingerprint density at radius 1 is 1.22 bits per heavy atom. The number of ether oxygens (including phenoxy) is 1. The Balaban J connectivity index is 2.27. The lowest BCUT2D eigenvalue weighted by Gasteiger charge is -2.26. The Bertz CT molecular complexity index is 442. The molecule has 0 bridgehead atoms. The van der Waals surface area contributed by atoms with E-state index < -0.39 is 0 Å². The highest BCUT2D eigenvalue weighted by Gasteiger charge is 2.21. The van der Waals surface area contributed by atoms with Crippen LogP contribution in [0.25, 0.3) is 0 Å². The molecule has 0 radical (unpaired) electrons. The van der Waals surface area contributed by atoms with Crippen molar-refractivity contribution in [3.05, 3.63) is 4.88 Å². The van der Waals surface area contributed by atoms with Gasteiger partial charge in [0.1, 0.15) is 21.6 Å². The lowest BCUT2D eigenvalue weighted by atomic mass is 10.1. The van der Waals surface area contributed by atoms with Crippen molar-refractivity contribution in [3.8, 4) is 11.8 Å². The number of hydrogen-bond acceptors (Lipinski definition) is 5. The minimum Gasteiger partial charge on any atom is -0.492 e. The van der Waals surface area contributed by atoms with Crippen LogP contribution in [0.15, 0.2) is 0 Å². The molecular formula is C13H19N3OS. The van der Waals surface area contributed by atoms with E-state index >= 15 is 0 Å². The van der Waals surface area contributed by atoms with Crippen molar-refractivity contribution in [1.82, 2.24) is 0 Å². The number of hydrogen-bond donors (Lipinski definition) is 1. The normalized spacial score (nSPS) is 16.8. The van der Waals surface area contributed by atoms with Gasteiger partial charge in [-0.1, -0.05) is 19.3 Å². The molecular weight excluding hydrogens is 246 g/mol. The van der Waals surface area contributed by atoms with Gasteiger partial charge >= 0.3 is 0 Å². The van der Waals surface area contributed by atoms with Gasteiger partial charge in [0.05, 0.1) is 7.11 Å². The summed E-state index contributed by atoms with van der Waals surface area (Å²) in [6, 6.07) is 2.14. The molecule has 0 spiro atoms. The standard InChI is InChI=1S/C13H19N3OS/c1-17-12-11(15)10(9-14)18-13(12)16-7-5-3-2-4-6-8-16/h2-8,15H2,1H3. The molecule has 2 heterocycles. The second-order valence-electron chi connectivity index (χ2n) is 4.55. The predicted molar refractivity (Wildman–Crippen MR) is 75.3 cm³/mol. The molecule has 1 aromatic rings. The Labute approximate surface area is 112 Å². The number of methoxy groups -OCH3 is 1. The third kappa shape index (κ3) is 2.54. The van der Waals surface area contributed by atoms with Gasteiger partial charge in [0.15, 0.2) is 5.75 Å². The molecule has 1 aromatic heterocycles. The summed E-state index contributed by atoms with van der Waals surface area (Å²) in [6.07, 6.45) is 6.29. The molecule has 0 aliphatic carbocycles. The van der Waals surface area contributed by atoms with Gasteiger partial charge in [-0.3, -0.25) is 0 Å². The van der Waals surface area contributed by atoms with Crippen molar-refractivity contribution in [2.45, 2.75) is 32.1 Å². The van der Waals surface area contributed by atoms with Crippen molar-refractivity contribution in [1.29, 1.82) is 5.26 Å². The summed E-state index contributed by atoms with van der Waals surface area (Å²) in [5.41, 5.74) is 6.43. The summed E-state index contributed by atoms with van der Waals surface area (Å²) in [5.74, 6) is 0.678. The fraction of sp³-hybridized carbons (Fsp3) is 0.615. The molecule has 2 N–H and O–H groups in total. The average Bonchev–Trinajstić information content (AvgIpc) is 2.65. The summed E-state index contributed by atoms with van der Waals surface area (Å²) < 4.78 is 5.38. The van der Waals surface area contributed by atoms with Crippen molar-refractivity contribution < 1.29 is 4.74 Å². The summed E-state index contributed by atoms with van der Waals surface area (Å²) in [5, 5.41) is 10.1. The first-order valence-corrected chi connectivity index (χ1v) is 7.21. The van der Waals surface area contributed by atoms with Crippen LogP contribution in [-0.4, -0.2) is 20.2 Å². The van der Waals surface area contributed by atoms with Gasteiger partial charge in [0.25, 0.3) is 0 Å². The molecule has 1 saturated heterocycles. The molecule has 18 heavy (non-hydrogen) atoms. The molecule has 0 unspecified atom stereocenters. The minimum atomic E-state index is 0.488. The quantitative estimate of drug-likeness (QED) is 0.893. The van der Waals surface area contributed by atoms with Crippen LogP contribution in [0.5, 0.6) is 5.75 Å². The molecule has 0 amide bonds. The molecule has 0 atom stereocenters. The van der Waals surface area contributed by atoms with Crippen LogP contribution in [0.4, 0.5) is 10.7 Å². The minimum absolute atomic E-state index is 0.488. The second kappa shape index (κ2) is 5.96. The Hall–Kier alpha value is -1.41. The van der Waals surface area contributed by atoms with Crippen molar-refractivity contribution in [2.75, 3.05) is 30.8 Å². The topological polar surface area (TPSA) is 62.3 Å². The number of anilines is 2. The summed E-state index contributed by atoms with van der Waals surface area (Å²) in [4.78, 5) is 2.88. The van der Waals surface area contributed by atoms with Crippen molar-refractivity contribution in [3.63, 3.8) is 0 Å². The van der Waals surface area contributed by atoms with Crippen LogP contribution in [0.3, 0.4) is 0 Å². The molecule has 98 valence electrons. The maximum Gasteiger partial charge on any atom is 0.177 e. The highest BCUT2D eigenvalue weighted by Crippen LogP contribution is 2.44. The molecule has 2 rings (SSSR count). The zero-order valence-corrected chi connectivity index (χ0v) is 11.6. The fourth-order valence-corrected chi connectivity index (χ4v) is 3.39. The van der Waals surface area contributed by atoms with Gasteiger partial charge in [-0.15, -0.1) is 11.3 Å². The number of nitrogens with two attached hydrogens (primary N) is 1. The fourth-order valence-electron chi connectivity index (χ4n) is 2.36. The maximum absolute atomic E-state index is 9.06. The highest BCUT2D eigenvalue weighted by molar-refractivity contribution is 7.17. The van der Waals surface area contributed by atoms with E-state index in [0.29, 0.717) is 16.3 Å². The Kier molecular flexibility index (Phi) is 4.32. The van der Waals surface area contributed by atoms with Gasteiger partial charge in [0.2, 0.25) is 0 Å². The van der Waals surface area contributed by atoms with Crippen LogP contribution < -0.4 is 15.4 Å². The van der Waals surface area contributed by atoms with Gasteiger partial charge in [-0.2, -0.15) is 5.26 Å². The summed E-state index contributed by atoms with van der Waals surface area (Å²) >= 11 is 1.45. The summed E-state index contributed by atoms with van der Waals surface area (Å²) in [7, 11) is 1.62.